The van der Waals surface area contributed by atoms with Crippen LogP contribution in [0.15, 0.2) is 17.0 Å². The molecule has 0 amide bonds. The molecule has 0 radical (unpaired) electrons. The van der Waals surface area contributed by atoms with Crippen molar-refractivity contribution in [3.05, 3.63) is 23.0 Å². The van der Waals surface area contributed by atoms with Gasteiger partial charge in [0.1, 0.15) is 4.90 Å². The van der Waals surface area contributed by atoms with Crippen LogP contribution in [-0.2, 0) is 9.05 Å². The molecule has 14 heavy (non-hydrogen) atoms. The first-order valence-corrected chi connectivity index (χ1v) is 6.03. The lowest BCUT2D eigenvalue weighted by Gasteiger charge is -2.07. The van der Waals surface area contributed by atoms with E-state index in [0.29, 0.717) is 0 Å². The normalized spacial score (nSPS) is 11.4. The molecule has 78 valence electrons. The lowest BCUT2D eigenvalue weighted by Crippen LogP contribution is -1.99. The average Bonchev–Trinajstić information content (AvgIpc) is 2.06. The van der Waals surface area contributed by atoms with Gasteiger partial charge in [-0.25, -0.2) is 12.8 Å². The fourth-order valence-corrected chi connectivity index (χ4v) is 2.67. The highest BCUT2D eigenvalue weighted by Gasteiger charge is 2.23. The Morgan fingerprint density at radius 1 is 1.43 bits per heavy atom. The van der Waals surface area contributed by atoms with Crippen molar-refractivity contribution in [1.29, 1.82) is 0 Å². The van der Waals surface area contributed by atoms with Crippen molar-refractivity contribution in [3.63, 3.8) is 0 Å². The van der Waals surface area contributed by atoms with E-state index in [9.17, 15) is 12.8 Å². The lowest BCUT2D eigenvalue weighted by atomic mass is 10.3. The molecule has 0 aromatic heterocycles. The van der Waals surface area contributed by atoms with Gasteiger partial charge in [-0.05, 0) is 12.1 Å². The summed E-state index contributed by atoms with van der Waals surface area (Å²) in [6.45, 7) is 0. The molecular weight excluding hydrogens is 254 g/mol. The van der Waals surface area contributed by atoms with Crippen LogP contribution < -0.4 is 4.74 Å². The minimum Gasteiger partial charge on any atom is -0.492 e. The van der Waals surface area contributed by atoms with Gasteiger partial charge in [-0.1, -0.05) is 11.6 Å². The van der Waals surface area contributed by atoms with Gasteiger partial charge in [-0.15, -0.1) is 0 Å². The third-order valence-electron chi connectivity index (χ3n) is 1.46. The number of benzene rings is 1. The summed E-state index contributed by atoms with van der Waals surface area (Å²) < 4.78 is 39.7. The molecule has 0 atom stereocenters. The van der Waals surface area contributed by atoms with Gasteiger partial charge in [0.05, 0.1) is 12.1 Å². The van der Waals surface area contributed by atoms with Crippen LogP contribution in [0.3, 0.4) is 0 Å². The second-order valence-corrected chi connectivity index (χ2v) is 5.24. The fraction of sp³-hybridized carbons (Fsp3) is 0.143. The van der Waals surface area contributed by atoms with Crippen molar-refractivity contribution in [2.75, 3.05) is 7.11 Å². The first-order chi connectivity index (χ1) is 6.38. The highest BCUT2D eigenvalue weighted by atomic mass is 35.7. The summed E-state index contributed by atoms with van der Waals surface area (Å²) >= 11 is 5.55. The van der Waals surface area contributed by atoms with Crippen LogP contribution in [0.25, 0.3) is 0 Å². The maximum atomic E-state index is 13.1. The van der Waals surface area contributed by atoms with Gasteiger partial charge in [0, 0.05) is 10.7 Å². The molecule has 0 fully saturated rings. The number of methoxy groups -OCH3 is 1. The molecule has 1 aromatic rings. The second kappa shape index (κ2) is 3.92. The summed E-state index contributed by atoms with van der Waals surface area (Å²) in [6, 6.07) is 2.08. The Hall–Kier alpha value is -0.520. The topological polar surface area (TPSA) is 43.4 Å². The third-order valence-corrected chi connectivity index (χ3v) is 3.25. The molecule has 7 heteroatoms. The van der Waals surface area contributed by atoms with Gasteiger partial charge in [-0.2, -0.15) is 0 Å². The summed E-state index contributed by atoms with van der Waals surface area (Å²) in [6.07, 6.45) is 0. The molecule has 0 aliphatic heterocycles. The van der Waals surface area contributed by atoms with Gasteiger partial charge in [-0.3, -0.25) is 0 Å². The number of halogens is 3. The van der Waals surface area contributed by atoms with Crippen LogP contribution in [-0.4, -0.2) is 15.5 Å². The Balaban J connectivity index is 3.63. The maximum Gasteiger partial charge on any atom is 0.266 e. The SMILES string of the molecule is COc1c(F)ccc(Cl)c1S(=O)(=O)Cl. The minimum atomic E-state index is -4.12. The van der Waals surface area contributed by atoms with Gasteiger partial charge in [0.15, 0.2) is 11.6 Å². The fourth-order valence-electron chi connectivity index (χ4n) is 0.932. The largest absolute Gasteiger partial charge is 0.492 e. The van der Waals surface area contributed by atoms with Crippen molar-refractivity contribution in [2.24, 2.45) is 0 Å². The summed E-state index contributed by atoms with van der Waals surface area (Å²) in [7, 11) is 2.06. The molecule has 0 heterocycles. The number of ether oxygens (including phenoxy) is 1. The van der Waals surface area contributed by atoms with E-state index in [2.05, 4.69) is 4.74 Å². The molecule has 0 aliphatic carbocycles. The molecule has 1 aromatic carbocycles. The van der Waals surface area contributed by atoms with E-state index in [0.717, 1.165) is 19.2 Å². The van der Waals surface area contributed by atoms with E-state index in [-0.39, 0.29) is 5.02 Å². The molecule has 0 N–H and O–H groups in total. The molecule has 0 saturated carbocycles. The van der Waals surface area contributed by atoms with Crippen molar-refractivity contribution in [3.8, 4) is 5.75 Å². The molecule has 0 bridgehead atoms. The lowest BCUT2D eigenvalue weighted by molar-refractivity contribution is 0.375. The molecular formula is C7H5Cl2FO3S. The summed E-state index contributed by atoms with van der Waals surface area (Å²) in [5.74, 6) is -1.32. The second-order valence-electron chi connectivity index (χ2n) is 2.33. The molecule has 3 nitrogen and oxygen atoms in total. The van der Waals surface area contributed by atoms with Crippen LogP contribution in [0.4, 0.5) is 4.39 Å². The Bertz CT molecular complexity index is 458. The zero-order valence-electron chi connectivity index (χ0n) is 6.92. The average molecular weight is 259 g/mol. The summed E-state index contributed by atoms with van der Waals surface area (Å²) in [4.78, 5) is -0.552. The van der Waals surface area contributed by atoms with Crippen LogP contribution in [0.2, 0.25) is 5.02 Å². The Morgan fingerprint density at radius 2 is 2.00 bits per heavy atom. The van der Waals surface area contributed by atoms with E-state index in [4.69, 9.17) is 22.3 Å². The van der Waals surface area contributed by atoms with E-state index < -0.39 is 25.5 Å². The highest BCUT2D eigenvalue weighted by Crippen LogP contribution is 2.35. The third kappa shape index (κ3) is 2.10. The maximum absolute atomic E-state index is 13.1. The minimum absolute atomic E-state index is 0.182. The quantitative estimate of drug-likeness (QED) is 0.766. The van der Waals surface area contributed by atoms with Crippen molar-refractivity contribution in [2.45, 2.75) is 4.90 Å². The molecule has 0 spiro atoms. The first kappa shape index (κ1) is 11.6. The predicted octanol–water partition coefficient (Wildman–Crippen LogP) is 2.42. The zero-order chi connectivity index (χ0) is 10.9. The Labute approximate surface area is 89.8 Å². The van der Waals surface area contributed by atoms with E-state index >= 15 is 0 Å². The predicted molar refractivity (Wildman–Crippen MR) is 51.0 cm³/mol. The van der Waals surface area contributed by atoms with Crippen LogP contribution in [0.5, 0.6) is 5.75 Å². The Kier molecular flexibility index (Phi) is 3.24. The van der Waals surface area contributed by atoms with Crippen LogP contribution in [0, 0.1) is 5.82 Å². The first-order valence-electron chi connectivity index (χ1n) is 3.34. The van der Waals surface area contributed by atoms with Crippen molar-refractivity contribution >= 4 is 31.3 Å². The molecule has 1 rings (SSSR count). The van der Waals surface area contributed by atoms with Crippen LogP contribution >= 0.6 is 22.3 Å². The van der Waals surface area contributed by atoms with Gasteiger partial charge in [0.2, 0.25) is 0 Å². The standard InChI is InChI=1S/C7H5Cl2FO3S/c1-13-6-5(10)3-2-4(8)7(6)14(9,11)12/h2-3H,1H3. The smallest absolute Gasteiger partial charge is 0.266 e. The van der Waals surface area contributed by atoms with E-state index in [1.165, 1.54) is 0 Å². The van der Waals surface area contributed by atoms with Gasteiger partial charge >= 0.3 is 0 Å². The number of rotatable bonds is 2. The number of hydrogen-bond acceptors (Lipinski definition) is 3. The van der Waals surface area contributed by atoms with Crippen LogP contribution in [0.1, 0.15) is 0 Å². The highest BCUT2D eigenvalue weighted by molar-refractivity contribution is 8.14. The van der Waals surface area contributed by atoms with E-state index in [1.54, 1.807) is 0 Å². The van der Waals surface area contributed by atoms with Crippen molar-refractivity contribution in [1.82, 2.24) is 0 Å². The zero-order valence-corrected chi connectivity index (χ0v) is 9.25. The van der Waals surface area contributed by atoms with Gasteiger partial charge < -0.3 is 4.74 Å². The van der Waals surface area contributed by atoms with Gasteiger partial charge in [0.25, 0.3) is 9.05 Å². The molecule has 0 unspecified atom stereocenters. The number of hydrogen-bond donors (Lipinski definition) is 0. The molecule has 0 aliphatic rings. The summed E-state index contributed by atoms with van der Waals surface area (Å²) in [5, 5.41) is -0.182. The Morgan fingerprint density at radius 3 is 2.36 bits per heavy atom. The monoisotopic (exact) mass is 258 g/mol. The molecule has 0 saturated heterocycles. The summed E-state index contributed by atoms with van der Waals surface area (Å²) in [5.41, 5.74) is 0. The van der Waals surface area contributed by atoms with E-state index in [1.807, 2.05) is 0 Å². The van der Waals surface area contributed by atoms with Crippen molar-refractivity contribution < 1.29 is 17.5 Å².